The van der Waals surface area contributed by atoms with E-state index in [0.717, 1.165) is 25.5 Å². The summed E-state index contributed by atoms with van der Waals surface area (Å²) in [4.78, 5) is 10.7. The van der Waals surface area contributed by atoms with Crippen molar-refractivity contribution in [1.82, 2.24) is 0 Å². The largest absolute Gasteiger partial charge is 0.481 e. The fourth-order valence-corrected chi connectivity index (χ4v) is 3.57. The van der Waals surface area contributed by atoms with Crippen LogP contribution in [0.1, 0.15) is 38.5 Å². The lowest BCUT2D eigenvalue weighted by Crippen LogP contribution is -2.41. The summed E-state index contributed by atoms with van der Waals surface area (Å²) in [6.07, 6.45) is 4.56. The van der Waals surface area contributed by atoms with Gasteiger partial charge in [0.15, 0.2) is 9.84 Å². The van der Waals surface area contributed by atoms with Crippen molar-refractivity contribution in [2.24, 2.45) is 0 Å². The molecule has 1 N–H and O–H groups in total. The first-order chi connectivity index (χ1) is 6.37. The van der Waals surface area contributed by atoms with E-state index in [4.69, 9.17) is 5.11 Å². The molecular formula is C9H16O4S. The summed E-state index contributed by atoms with van der Waals surface area (Å²) in [5, 5.41) is 8.73. The van der Waals surface area contributed by atoms with Crippen molar-refractivity contribution in [2.75, 3.05) is 6.26 Å². The Morgan fingerprint density at radius 2 is 1.79 bits per heavy atom. The van der Waals surface area contributed by atoms with Crippen LogP contribution in [0.5, 0.6) is 0 Å². The summed E-state index contributed by atoms with van der Waals surface area (Å²) in [5.41, 5.74) is 0. The van der Waals surface area contributed by atoms with E-state index < -0.39 is 20.6 Å². The number of carboxylic acids is 1. The summed E-state index contributed by atoms with van der Waals surface area (Å²) >= 11 is 0. The monoisotopic (exact) mass is 220 g/mol. The molecule has 0 radical (unpaired) electrons. The van der Waals surface area contributed by atoms with Crippen molar-refractivity contribution in [3.05, 3.63) is 0 Å². The summed E-state index contributed by atoms with van der Waals surface area (Å²) in [6.45, 7) is 0. The standard InChI is InChI=1S/C9H16O4S/c1-14(12,13)9(7-8(10)11)5-3-2-4-6-9/h2-7H2,1H3,(H,10,11). The zero-order valence-electron chi connectivity index (χ0n) is 8.32. The molecule has 5 heteroatoms. The first-order valence-electron chi connectivity index (χ1n) is 4.79. The number of carboxylic acid groups (broad SMARTS) is 1. The predicted octanol–water partition coefficient (Wildman–Crippen LogP) is 1.21. The molecule has 1 aliphatic carbocycles. The Bertz CT molecular complexity index is 312. The van der Waals surface area contributed by atoms with E-state index >= 15 is 0 Å². The van der Waals surface area contributed by atoms with Crippen LogP contribution in [0.15, 0.2) is 0 Å². The molecule has 0 aliphatic heterocycles. The molecule has 4 nitrogen and oxygen atoms in total. The molecular weight excluding hydrogens is 204 g/mol. The highest BCUT2D eigenvalue weighted by Gasteiger charge is 2.43. The zero-order chi connectivity index (χ0) is 10.8. The molecule has 0 saturated heterocycles. The topological polar surface area (TPSA) is 71.4 Å². The SMILES string of the molecule is CS(=O)(=O)C1(CC(=O)O)CCCCC1. The fourth-order valence-electron chi connectivity index (χ4n) is 2.15. The van der Waals surface area contributed by atoms with Crippen LogP contribution in [-0.4, -0.2) is 30.5 Å². The zero-order valence-corrected chi connectivity index (χ0v) is 9.14. The molecule has 1 fully saturated rings. The number of aliphatic carboxylic acids is 1. The predicted molar refractivity (Wildman–Crippen MR) is 52.9 cm³/mol. The maximum Gasteiger partial charge on any atom is 0.304 e. The molecule has 0 aromatic rings. The van der Waals surface area contributed by atoms with Crippen molar-refractivity contribution < 1.29 is 18.3 Å². The molecule has 1 saturated carbocycles. The van der Waals surface area contributed by atoms with E-state index in [1.54, 1.807) is 0 Å². The van der Waals surface area contributed by atoms with Crippen molar-refractivity contribution in [1.29, 1.82) is 0 Å². The second kappa shape index (κ2) is 3.88. The first kappa shape index (κ1) is 11.5. The van der Waals surface area contributed by atoms with Crippen LogP contribution < -0.4 is 0 Å². The number of sulfone groups is 1. The number of carbonyl (C=O) groups is 1. The lowest BCUT2D eigenvalue weighted by molar-refractivity contribution is -0.137. The molecule has 14 heavy (non-hydrogen) atoms. The van der Waals surface area contributed by atoms with Gasteiger partial charge >= 0.3 is 5.97 Å². The lowest BCUT2D eigenvalue weighted by Gasteiger charge is -2.33. The highest BCUT2D eigenvalue weighted by atomic mass is 32.2. The highest BCUT2D eigenvalue weighted by molar-refractivity contribution is 7.92. The van der Waals surface area contributed by atoms with Crippen molar-refractivity contribution in [3.8, 4) is 0 Å². The van der Waals surface area contributed by atoms with Gasteiger partial charge in [0.25, 0.3) is 0 Å². The smallest absolute Gasteiger partial charge is 0.304 e. The van der Waals surface area contributed by atoms with Gasteiger partial charge in [-0.1, -0.05) is 19.3 Å². The molecule has 0 aromatic heterocycles. The van der Waals surface area contributed by atoms with Crippen molar-refractivity contribution in [2.45, 2.75) is 43.3 Å². The Hall–Kier alpha value is -0.580. The van der Waals surface area contributed by atoms with E-state index in [-0.39, 0.29) is 6.42 Å². The van der Waals surface area contributed by atoms with Crippen LogP contribution in [0.2, 0.25) is 0 Å². The number of hydrogen-bond donors (Lipinski definition) is 1. The Kier molecular flexibility index (Phi) is 3.19. The van der Waals surface area contributed by atoms with Gasteiger partial charge in [-0.05, 0) is 12.8 Å². The third kappa shape index (κ3) is 2.26. The van der Waals surface area contributed by atoms with Crippen LogP contribution in [0.25, 0.3) is 0 Å². The van der Waals surface area contributed by atoms with Gasteiger partial charge in [-0.25, -0.2) is 8.42 Å². The summed E-state index contributed by atoms with van der Waals surface area (Å²) in [6, 6.07) is 0. The maximum absolute atomic E-state index is 11.6. The molecule has 0 aromatic carbocycles. The second-order valence-electron chi connectivity index (χ2n) is 4.09. The third-order valence-electron chi connectivity index (χ3n) is 3.02. The van der Waals surface area contributed by atoms with Gasteiger partial charge in [0.2, 0.25) is 0 Å². The molecule has 0 heterocycles. The minimum Gasteiger partial charge on any atom is -0.481 e. The Balaban J connectivity index is 2.95. The second-order valence-corrected chi connectivity index (χ2v) is 6.50. The lowest BCUT2D eigenvalue weighted by atomic mass is 9.86. The molecule has 0 atom stereocenters. The van der Waals surface area contributed by atoms with Crippen molar-refractivity contribution in [3.63, 3.8) is 0 Å². The van der Waals surface area contributed by atoms with Crippen LogP contribution in [0.3, 0.4) is 0 Å². The number of hydrogen-bond acceptors (Lipinski definition) is 3. The fraction of sp³-hybridized carbons (Fsp3) is 0.889. The van der Waals surface area contributed by atoms with Crippen molar-refractivity contribution >= 4 is 15.8 Å². The van der Waals surface area contributed by atoms with E-state index in [2.05, 4.69) is 0 Å². The summed E-state index contributed by atoms with van der Waals surface area (Å²) in [7, 11) is -3.26. The quantitative estimate of drug-likeness (QED) is 0.776. The van der Waals surface area contributed by atoms with E-state index in [1.165, 1.54) is 0 Å². The normalized spacial score (nSPS) is 21.8. The van der Waals surface area contributed by atoms with Gasteiger partial charge in [0.1, 0.15) is 0 Å². The average molecular weight is 220 g/mol. The van der Waals surface area contributed by atoms with Crippen LogP contribution >= 0.6 is 0 Å². The highest BCUT2D eigenvalue weighted by Crippen LogP contribution is 2.37. The Morgan fingerprint density at radius 3 is 2.14 bits per heavy atom. The van der Waals surface area contributed by atoms with Gasteiger partial charge in [-0.3, -0.25) is 4.79 Å². The Labute approximate surface area is 84.2 Å². The van der Waals surface area contributed by atoms with E-state index in [9.17, 15) is 13.2 Å². The van der Waals surface area contributed by atoms with E-state index in [1.807, 2.05) is 0 Å². The van der Waals surface area contributed by atoms with Crippen LogP contribution in [0, 0.1) is 0 Å². The molecule has 0 unspecified atom stereocenters. The molecule has 1 rings (SSSR count). The molecule has 0 bridgehead atoms. The molecule has 0 amide bonds. The van der Waals surface area contributed by atoms with Gasteiger partial charge in [0.05, 0.1) is 11.2 Å². The average Bonchev–Trinajstić information content (AvgIpc) is 2.02. The Morgan fingerprint density at radius 1 is 1.29 bits per heavy atom. The summed E-state index contributed by atoms with van der Waals surface area (Å²) < 4.78 is 22.2. The molecule has 1 aliphatic rings. The number of rotatable bonds is 3. The molecule has 82 valence electrons. The van der Waals surface area contributed by atoms with E-state index in [0.29, 0.717) is 12.8 Å². The summed E-state index contributed by atoms with van der Waals surface area (Å²) in [5.74, 6) is -1.02. The van der Waals surface area contributed by atoms with Crippen LogP contribution in [-0.2, 0) is 14.6 Å². The van der Waals surface area contributed by atoms with Gasteiger partial charge < -0.3 is 5.11 Å². The minimum atomic E-state index is -3.26. The van der Waals surface area contributed by atoms with Crippen LogP contribution in [0.4, 0.5) is 0 Å². The molecule has 0 spiro atoms. The van der Waals surface area contributed by atoms with Gasteiger partial charge in [0, 0.05) is 6.26 Å². The first-order valence-corrected chi connectivity index (χ1v) is 6.68. The van der Waals surface area contributed by atoms with Gasteiger partial charge in [-0.2, -0.15) is 0 Å². The third-order valence-corrected chi connectivity index (χ3v) is 5.15. The minimum absolute atomic E-state index is 0.244. The van der Waals surface area contributed by atoms with Gasteiger partial charge in [-0.15, -0.1) is 0 Å². The maximum atomic E-state index is 11.6.